The number of halogens is 1. The quantitative estimate of drug-likeness (QED) is 0.862. The van der Waals surface area contributed by atoms with E-state index in [-0.39, 0.29) is 5.82 Å². The van der Waals surface area contributed by atoms with E-state index in [1.807, 2.05) is 12.1 Å². The van der Waals surface area contributed by atoms with Gasteiger partial charge in [-0.2, -0.15) is 0 Å². The summed E-state index contributed by atoms with van der Waals surface area (Å²) in [5.41, 5.74) is 1.14. The fourth-order valence-electron chi connectivity index (χ4n) is 2.02. The molecule has 0 saturated carbocycles. The molecule has 0 aromatic heterocycles. The standard InChI is InChI=1S/C13H18FNS/c1-3-9(2)15-12-7-8-16-13-10(12)5-4-6-11(13)14/h4-6,9,12,15H,3,7-8H2,1-2H3. The third-order valence-corrected chi connectivity index (χ3v) is 4.28. The van der Waals surface area contributed by atoms with E-state index < -0.39 is 0 Å². The third-order valence-electron chi connectivity index (χ3n) is 3.12. The van der Waals surface area contributed by atoms with Crippen molar-refractivity contribution in [1.82, 2.24) is 5.32 Å². The van der Waals surface area contributed by atoms with Gasteiger partial charge in [0.2, 0.25) is 0 Å². The van der Waals surface area contributed by atoms with Gasteiger partial charge in [-0.25, -0.2) is 4.39 Å². The van der Waals surface area contributed by atoms with Crippen molar-refractivity contribution in [3.63, 3.8) is 0 Å². The zero-order valence-electron chi connectivity index (χ0n) is 9.79. The Bertz CT molecular complexity index is 367. The maximum absolute atomic E-state index is 13.6. The predicted molar refractivity (Wildman–Crippen MR) is 67.4 cm³/mol. The molecule has 0 spiro atoms. The van der Waals surface area contributed by atoms with Crippen molar-refractivity contribution in [1.29, 1.82) is 0 Å². The van der Waals surface area contributed by atoms with Gasteiger partial charge in [0.25, 0.3) is 0 Å². The molecule has 1 aromatic rings. The minimum absolute atomic E-state index is 0.0712. The van der Waals surface area contributed by atoms with Gasteiger partial charge >= 0.3 is 0 Å². The second-order valence-corrected chi connectivity index (χ2v) is 5.43. The molecule has 1 nitrogen and oxygen atoms in total. The van der Waals surface area contributed by atoms with Gasteiger partial charge in [-0.15, -0.1) is 11.8 Å². The van der Waals surface area contributed by atoms with Gasteiger partial charge in [-0.1, -0.05) is 19.1 Å². The lowest BCUT2D eigenvalue weighted by Gasteiger charge is -2.28. The van der Waals surface area contributed by atoms with E-state index in [4.69, 9.17) is 0 Å². The highest BCUT2D eigenvalue weighted by molar-refractivity contribution is 7.99. The van der Waals surface area contributed by atoms with Crippen LogP contribution in [-0.2, 0) is 0 Å². The second kappa shape index (κ2) is 5.19. The SMILES string of the molecule is CCC(C)NC1CCSc2c(F)cccc21. The Labute approximate surface area is 101 Å². The zero-order chi connectivity index (χ0) is 11.5. The summed E-state index contributed by atoms with van der Waals surface area (Å²) in [6.07, 6.45) is 2.19. The van der Waals surface area contributed by atoms with Crippen LogP contribution < -0.4 is 5.32 Å². The van der Waals surface area contributed by atoms with Crippen molar-refractivity contribution in [3.8, 4) is 0 Å². The van der Waals surface area contributed by atoms with Crippen LogP contribution in [0.15, 0.2) is 23.1 Å². The molecule has 0 bridgehead atoms. The Balaban J connectivity index is 2.23. The van der Waals surface area contributed by atoms with Crippen LogP contribution in [0.4, 0.5) is 4.39 Å². The minimum Gasteiger partial charge on any atom is -0.307 e. The summed E-state index contributed by atoms with van der Waals surface area (Å²) in [5, 5.41) is 3.57. The first-order chi connectivity index (χ1) is 7.72. The van der Waals surface area contributed by atoms with Crippen LogP contribution in [0.3, 0.4) is 0 Å². The number of fused-ring (bicyclic) bond motifs is 1. The van der Waals surface area contributed by atoms with Crippen molar-refractivity contribution in [2.45, 2.75) is 43.7 Å². The molecule has 1 aliphatic rings. The molecule has 2 unspecified atom stereocenters. The number of nitrogens with one attached hydrogen (secondary N) is 1. The summed E-state index contributed by atoms with van der Waals surface area (Å²) in [5.74, 6) is 0.931. The molecule has 1 N–H and O–H groups in total. The normalized spacial score (nSPS) is 21.6. The largest absolute Gasteiger partial charge is 0.307 e. The lowest BCUT2D eigenvalue weighted by atomic mass is 10.0. The van der Waals surface area contributed by atoms with Gasteiger partial charge in [-0.05, 0) is 37.1 Å². The summed E-state index contributed by atoms with van der Waals surface area (Å²) in [4.78, 5) is 0.842. The maximum Gasteiger partial charge on any atom is 0.137 e. The van der Waals surface area contributed by atoms with Crippen LogP contribution in [0.1, 0.15) is 38.3 Å². The van der Waals surface area contributed by atoms with Crippen LogP contribution in [0.25, 0.3) is 0 Å². The van der Waals surface area contributed by atoms with Crippen LogP contribution in [0.2, 0.25) is 0 Å². The van der Waals surface area contributed by atoms with Crippen molar-refractivity contribution >= 4 is 11.8 Å². The van der Waals surface area contributed by atoms with Gasteiger partial charge in [0, 0.05) is 17.0 Å². The fraction of sp³-hybridized carbons (Fsp3) is 0.538. The molecule has 2 rings (SSSR count). The molecule has 0 saturated heterocycles. The van der Waals surface area contributed by atoms with E-state index in [1.165, 1.54) is 0 Å². The smallest absolute Gasteiger partial charge is 0.137 e. The average Bonchev–Trinajstić information content (AvgIpc) is 2.30. The number of rotatable bonds is 3. The Morgan fingerprint density at radius 3 is 3.12 bits per heavy atom. The van der Waals surface area contributed by atoms with Gasteiger partial charge < -0.3 is 5.32 Å². The van der Waals surface area contributed by atoms with E-state index in [9.17, 15) is 4.39 Å². The Hall–Kier alpha value is -0.540. The monoisotopic (exact) mass is 239 g/mol. The number of thioether (sulfide) groups is 1. The van der Waals surface area contributed by atoms with E-state index in [0.717, 1.165) is 29.1 Å². The van der Waals surface area contributed by atoms with Gasteiger partial charge in [0.15, 0.2) is 0 Å². The Kier molecular flexibility index (Phi) is 3.87. The average molecular weight is 239 g/mol. The molecule has 1 heterocycles. The van der Waals surface area contributed by atoms with Crippen LogP contribution in [0.5, 0.6) is 0 Å². The van der Waals surface area contributed by atoms with E-state index in [2.05, 4.69) is 19.2 Å². The van der Waals surface area contributed by atoms with E-state index >= 15 is 0 Å². The van der Waals surface area contributed by atoms with Crippen LogP contribution >= 0.6 is 11.8 Å². The molecule has 0 radical (unpaired) electrons. The zero-order valence-corrected chi connectivity index (χ0v) is 10.6. The topological polar surface area (TPSA) is 12.0 Å². The highest BCUT2D eigenvalue weighted by Gasteiger charge is 2.23. The predicted octanol–water partition coefficient (Wildman–Crippen LogP) is 3.75. The van der Waals surface area contributed by atoms with E-state index in [0.29, 0.717) is 12.1 Å². The van der Waals surface area contributed by atoms with Crippen molar-refractivity contribution < 1.29 is 4.39 Å². The van der Waals surface area contributed by atoms with Crippen LogP contribution in [0, 0.1) is 5.82 Å². The van der Waals surface area contributed by atoms with Crippen molar-refractivity contribution in [2.24, 2.45) is 0 Å². The molecule has 0 aliphatic carbocycles. The Morgan fingerprint density at radius 2 is 2.38 bits per heavy atom. The summed E-state index contributed by atoms with van der Waals surface area (Å²) in [6, 6.07) is 6.22. The lowest BCUT2D eigenvalue weighted by Crippen LogP contribution is -2.32. The number of hydrogen-bond acceptors (Lipinski definition) is 2. The van der Waals surface area contributed by atoms with Crippen LogP contribution in [-0.4, -0.2) is 11.8 Å². The first-order valence-electron chi connectivity index (χ1n) is 5.89. The lowest BCUT2D eigenvalue weighted by molar-refractivity contribution is 0.427. The molecular weight excluding hydrogens is 221 g/mol. The molecule has 2 atom stereocenters. The molecule has 0 amide bonds. The van der Waals surface area contributed by atoms with Gasteiger partial charge in [-0.3, -0.25) is 0 Å². The van der Waals surface area contributed by atoms with Gasteiger partial charge in [0.05, 0.1) is 0 Å². The first kappa shape index (κ1) is 11.9. The van der Waals surface area contributed by atoms with Crippen molar-refractivity contribution in [2.75, 3.05) is 5.75 Å². The molecular formula is C13H18FNS. The summed E-state index contributed by atoms with van der Waals surface area (Å²) in [6.45, 7) is 4.35. The first-order valence-corrected chi connectivity index (χ1v) is 6.88. The molecule has 3 heteroatoms. The van der Waals surface area contributed by atoms with Gasteiger partial charge in [0.1, 0.15) is 5.82 Å². The van der Waals surface area contributed by atoms with Crippen molar-refractivity contribution in [3.05, 3.63) is 29.6 Å². The fourth-order valence-corrected chi connectivity index (χ4v) is 3.16. The molecule has 16 heavy (non-hydrogen) atoms. The Morgan fingerprint density at radius 1 is 1.56 bits per heavy atom. The highest BCUT2D eigenvalue weighted by Crippen LogP contribution is 2.37. The molecule has 0 fully saturated rings. The molecule has 88 valence electrons. The molecule has 1 aromatic carbocycles. The minimum atomic E-state index is -0.0712. The molecule has 1 aliphatic heterocycles. The summed E-state index contributed by atoms with van der Waals surface area (Å²) < 4.78 is 13.6. The summed E-state index contributed by atoms with van der Waals surface area (Å²) in [7, 11) is 0. The highest BCUT2D eigenvalue weighted by atomic mass is 32.2. The number of benzene rings is 1. The maximum atomic E-state index is 13.6. The number of hydrogen-bond donors (Lipinski definition) is 1. The van der Waals surface area contributed by atoms with E-state index in [1.54, 1.807) is 17.8 Å². The third kappa shape index (κ3) is 2.41. The second-order valence-electron chi connectivity index (χ2n) is 4.32. The summed E-state index contributed by atoms with van der Waals surface area (Å²) >= 11 is 1.64.